The van der Waals surface area contributed by atoms with Gasteiger partial charge in [0.15, 0.2) is 0 Å². The first-order chi connectivity index (χ1) is 9.16. The van der Waals surface area contributed by atoms with E-state index in [4.69, 9.17) is 0 Å². The average molecular weight is 289 g/mol. The van der Waals surface area contributed by atoms with Crippen LogP contribution in [-0.2, 0) is 10.0 Å². The minimum atomic E-state index is -3.10. The minimum Gasteiger partial charge on any atom is -0.316 e. The molecule has 2 heterocycles. The van der Waals surface area contributed by atoms with Crippen molar-refractivity contribution in [2.45, 2.75) is 32.1 Å². The van der Waals surface area contributed by atoms with Gasteiger partial charge in [-0.15, -0.1) is 0 Å². The summed E-state index contributed by atoms with van der Waals surface area (Å²) in [5.41, 5.74) is 0. The number of sulfonamides is 1. The monoisotopic (exact) mass is 289 g/mol. The molecule has 0 saturated carbocycles. The van der Waals surface area contributed by atoms with Gasteiger partial charge < -0.3 is 10.2 Å². The topological polar surface area (TPSA) is 61.4 Å². The van der Waals surface area contributed by atoms with E-state index in [2.05, 4.69) is 14.9 Å². The van der Waals surface area contributed by atoms with E-state index in [0.29, 0.717) is 6.54 Å². The van der Waals surface area contributed by atoms with Gasteiger partial charge in [-0.3, -0.25) is 0 Å². The van der Waals surface area contributed by atoms with Gasteiger partial charge in [-0.2, -0.15) is 0 Å². The first-order valence-corrected chi connectivity index (χ1v) is 9.21. The Morgan fingerprint density at radius 1 is 1.16 bits per heavy atom. The Bertz CT molecular complexity index is 347. The lowest BCUT2D eigenvalue weighted by Crippen LogP contribution is -2.41. The number of hydrogen-bond acceptors (Lipinski definition) is 4. The van der Waals surface area contributed by atoms with Crippen molar-refractivity contribution in [2.75, 3.05) is 45.0 Å². The number of nitrogens with zero attached hydrogens (tertiary/aromatic N) is 1. The maximum Gasteiger partial charge on any atom is 0.211 e. The van der Waals surface area contributed by atoms with Crippen molar-refractivity contribution in [3.05, 3.63) is 0 Å². The number of piperidine rings is 2. The molecule has 0 radical (unpaired) electrons. The molecule has 1 atom stereocenters. The lowest BCUT2D eigenvalue weighted by molar-refractivity contribution is 0.232. The van der Waals surface area contributed by atoms with Crippen LogP contribution < -0.4 is 10.0 Å². The first-order valence-electron chi connectivity index (χ1n) is 7.56. The Hall–Kier alpha value is -0.170. The van der Waals surface area contributed by atoms with Gasteiger partial charge >= 0.3 is 0 Å². The molecule has 2 saturated heterocycles. The number of likely N-dealkylation sites (tertiary alicyclic amines) is 1. The van der Waals surface area contributed by atoms with E-state index in [1.54, 1.807) is 0 Å². The minimum absolute atomic E-state index is 0.278. The Balaban J connectivity index is 1.65. The zero-order valence-electron chi connectivity index (χ0n) is 11.7. The van der Waals surface area contributed by atoms with Crippen molar-refractivity contribution < 1.29 is 8.42 Å². The van der Waals surface area contributed by atoms with Crippen molar-refractivity contribution in [3.63, 3.8) is 0 Å². The molecular formula is C13H27N3O2S. The summed E-state index contributed by atoms with van der Waals surface area (Å²) in [5.74, 6) is 0.557. The van der Waals surface area contributed by atoms with Crippen LogP contribution in [-0.4, -0.2) is 58.3 Å². The van der Waals surface area contributed by atoms with Crippen LogP contribution in [0.3, 0.4) is 0 Å². The second kappa shape index (κ2) is 7.57. The standard InChI is InChI=1S/C13H27N3O2S/c17-19(18,12-13-5-4-6-14-11-13)15-7-10-16-8-2-1-3-9-16/h13-15H,1-12H2. The fourth-order valence-corrected chi connectivity index (χ4v) is 4.40. The molecule has 2 rings (SSSR count). The van der Waals surface area contributed by atoms with E-state index in [1.807, 2.05) is 0 Å². The van der Waals surface area contributed by atoms with Crippen LogP contribution >= 0.6 is 0 Å². The van der Waals surface area contributed by atoms with Gasteiger partial charge in [0.2, 0.25) is 10.0 Å². The summed E-state index contributed by atoms with van der Waals surface area (Å²) < 4.78 is 26.7. The summed E-state index contributed by atoms with van der Waals surface area (Å²) in [4.78, 5) is 2.36. The number of nitrogens with one attached hydrogen (secondary N) is 2. The predicted molar refractivity (Wildman–Crippen MR) is 77.7 cm³/mol. The van der Waals surface area contributed by atoms with Crippen LogP contribution in [0.2, 0.25) is 0 Å². The SMILES string of the molecule is O=S(=O)(CC1CCCNC1)NCCN1CCCCC1. The van der Waals surface area contributed by atoms with Crippen LogP contribution in [0.15, 0.2) is 0 Å². The van der Waals surface area contributed by atoms with Crippen LogP contribution in [0.25, 0.3) is 0 Å². The van der Waals surface area contributed by atoms with Crippen LogP contribution in [0.5, 0.6) is 0 Å². The fraction of sp³-hybridized carbons (Fsp3) is 1.00. The van der Waals surface area contributed by atoms with Crippen LogP contribution in [0.4, 0.5) is 0 Å². The molecule has 112 valence electrons. The van der Waals surface area contributed by atoms with Gasteiger partial charge in [-0.1, -0.05) is 6.42 Å². The van der Waals surface area contributed by atoms with Gasteiger partial charge in [0, 0.05) is 13.1 Å². The summed E-state index contributed by atoms with van der Waals surface area (Å²) in [6, 6.07) is 0. The van der Waals surface area contributed by atoms with Crippen molar-refractivity contribution in [2.24, 2.45) is 5.92 Å². The molecule has 6 heteroatoms. The maximum absolute atomic E-state index is 12.0. The second-order valence-corrected chi connectivity index (χ2v) is 7.64. The zero-order valence-corrected chi connectivity index (χ0v) is 12.6. The van der Waals surface area contributed by atoms with E-state index in [1.165, 1.54) is 19.3 Å². The second-order valence-electron chi connectivity index (χ2n) is 5.79. The van der Waals surface area contributed by atoms with Gasteiger partial charge in [0.1, 0.15) is 0 Å². The molecule has 1 unspecified atom stereocenters. The Morgan fingerprint density at radius 3 is 2.63 bits per heavy atom. The molecule has 19 heavy (non-hydrogen) atoms. The fourth-order valence-electron chi connectivity index (χ4n) is 2.98. The van der Waals surface area contributed by atoms with Crippen molar-refractivity contribution in [3.8, 4) is 0 Å². The highest BCUT2D eigenvalue weighted by atomic mass is 32.2. The lowest BCUT2D eigenvalue weighted by Gasteiger charge is -2.26. The highest BCUT2D eigenvalue weighted by Crippen LogP contribution is 2.12. The molecule has 2 aliphatic heterocycles. The third-order valence-electron chi connectivity index (χ3n) is 4.05. The third-order valence-corrected chi connectivity index (χ3v) is 5.61. The van der Waals surface area contributed by atoms with Crippen molar-refractivity contribution in [1.29, 1.82) is 0 Å². The normalized spacial score (nSPS) is 26.4. The molecule has 0 bridgehead atoms. The zero-order chi connectivity index (χ0) is 13.6. The van der Waals surface area contributed by atoms with E-state index in [0.717, 1.165) is 45.6 Å². The van der Waals surface area contributed by atoms with Gasteiger partial charge in [0.25, 0.3) is 0 Å². The molecule has 0 aromatic rings. The van der Waals surface area contributed by atoms with E-state index in [-0.39, 0.29) is 11.7 Å². The summed E-state index contributed by atoms with van der Waals surface area (Å²) in [5, 5.41) is 3.26. The van der Waals surface area contributed by atoms with Crippen molar-refractivity contribution in [1.82, 2.24) is 14.9 Å². The lowest BCUT2D eigenvalue weighted by atomic mass is 10.0. The quantitative estimate of drug-likeness (QED) is 0.743. The van der Waals surface area contributed by atoms with E-state index in [9.17, 15) is 8.42 Å². The number of hydrogen-bond donors (Lipinski definition) is 2. The molecule has 5 nitrogen and oxygen atoms in total. The predicted octanol–water partition coefficient (Wildman–Crippen LogP) is 0.391. The molecule has 0 aromatic carbocycles. The summed E-state index contributed by atoms with van der Waals surface area (Å²) in [7, 11) is -3.10. The molecule has 0 amide bonds. The summed E-state index contributed by atoms with van der Waals surface area (Å²) in [6.45, 7) is 5.51. The Labute approximate surface area is 117 Å². The van der Waals surface area contributed by atoms with E-state index >= 15 is 0 Å². The van der Waals surface area contributed by atoms with Crippen LogP contribution in [0, 0.1) is 5.92 Å². The molecule has 2 aliphatic rings. The van der Waals surface area contributed by atoms with Gasteiger partial charge in [-0.25, -0.2) is 13.1 Å². The summed E-state index contributed by atoms with van der Waals surface area (Å²) >= 11 is 0. The Kier molecular flexibility index (Phi) is 6.06. The molecule has 0 aliphatic carbocycles. The van der Waals surface area contributed by atoms with Gasteiger partial charge in [0.05, 0.1) is 5.75 Å². The average Bonchev–Trinajstić information content (AvgIpc) is 2.40. The Morgan fingerprint density at radius 2 is 1.95 bits per heavy atom. The highest BCUT2D eigenvalue weighted by Gasteiger charge is 2.21. The molecule has 0 aromatic heterocycles. The van der Waals surface area contributed by atoms with Crippen LogP contribution in [0.1, 0.15) is 32.1 Å². The summed E-state index contributed by atoms with van der Waals surface area (Å²) in [6.07, 6.45) is 5.94. The van der Waals surface area contributed by atoms with Gasteiger partial charge in [-0.05, 0) is 57.8 Å². The third kappa shape index (κ3) is 5.77. The molecular weight excluding hydrogens is 262 g/mol. The van der Waals surface area contributed by atoms with Crippen molar-refractivity contribution >= 4 is 10.0 Å². The molecule has 0 spiro atoms. The number of rotatable bonds is 6. The van der Waals surface area contributed by atoms with E-state index < -0.39 is 10.0 Å². The smallest absolute Gasteiger partial charge is 0.211 e. The molecule has 2 fully saturated rings. The highest BCUT2D eigenvalue weighted by molar-refractivity contribution is 7.89. The first kappa shape index (κ1) is 15.2. The molecule has 2 N–H and O–H groups in total. The largest absolute Gasteiger partial charge is 0.316 e. The maximum atomic E-state index is 12.0.